The minimum atomic E-state index is -1.14. The van der Waals surface area contributed by atoms with Gasteiger partial charge in [0.1, 0.15) is 37.9 Å². The predicted octanol–water partition coefficient (Wildman–Crippen LogP) is 4.84. The van der Waals surface area contributed by atoms with Gasteiger partial charge in [0.25, 0.3) is 0 Å². The van der Waals surface area contributed by atoms with Crippen molar-refractivity contribution in [2.24, 2.45) is 0 Å². The van der Waals surface area contributed by atoms with E-state index in [0.29, 0.717) is 31.6 Å². The summed E-state index contributed by atoms with van der Waals surface area (Å²) in [4.78, 5) is 23.1. The molecule has 0 amide bonds. The zero-order chi connectivity index (χ0) is 20.5. The molecule has 0 aliphatic carbocycles. The third kappa shape index (κ3) is 7.28. The molecule has 28 heavy (non-hydrogen) atoms. The van der Waals surface area contributed by atoms with Gasteiger partial charge in [-0.1, -0.05) is 46.4 Å². The fourth-order valence-electron chi connectivity index (χ4n) is 1.87. The number of benzene rings is 2. The average molecular weight is 468 g/mol. The highest BCUT2D eigenvalue weighted by Crippen LogP contribution is 2.28. The fourth-order valence-corrected chi connectivity index (χ4v) is 2.80. The number of ether oxygens (including phenoxy) is 4. The van der Waals surface area contributed by atoms with E-state index < -0.39 is 11.9 Å². The summed E-state index contributed by atoms with van der Waals surface area (Å²) in [6, 6.07) is 9.39. The molecule has 0 saturated carbocycles. The van der Waals surface area contributed by atoms with Crippen LogP contribution >= 0.6 is 46.4 Å². The molecule has 2 aromatic rings. The van der Waals surface area contributed by atoms with Crippen LogP contribution in [0, 0.1) is 0 Å². The van der Waals surface area contributed by atoms with Crippen molar-refractivity contribution >= 4 is 58.3 Å². The summed E-state index contributed by atoms with van der Waals surface area (Å²) in [6.45, 7) is -0.329. The molecule has 6 nitrogen and oxygen atoms in total. The molecular weight excluding hydrogens is 454 g/mol. The second-order valence-corrected chi connectivity index (χ2v) is 6.81. The maximum absolute atomic E-state index is 11.5. The number of hydrogen-bond acceptors (Lipinski definition) is 6. The summed E-state index contributed by atoms with van der Waals surface area (Å²) in [7, 11) is 0. The molecule has 2 aromatic carbocycles. The minimum absolute atomic E-state index is 0.00144. The van der Waals surface area contributed by atoms with E-state index in [4.69, 9.17) is 65.4 Å². The molecule has 0 saturated heterocycles. The van der Waals surface area contributed by atoms with E-state index in [2.05, 4.69) is 0 Å². The first-order chi connectivity index (χ1) is 13.4. The third-order valence-electron chi connectivity index (χ3n) is 3.10. The Morgan fingerprint density at radius 2 is 1.04 bits per heavy atom. The van der Waals surface area contributed by atoms with Crippen LogP contribution in [0.25, 0.3) is 0 Å². The van der Waals surface area contributed by atoms with Gasteiger partial charge in [-0.3, -0.25) is 0 Å². The van der Waals surface area contributed by atoms with Gasteiger partial charge in [-0.25, -0.2) is 9.59 Å². The molecule has 0 radical (unpaired) electrons. The molecule has 0 atom stereocenters. The highest BCUT2D eigenvalue weighted by molar-refractivity contribution is 6.36. The SMILES string of the molecule is O=C(OCCOc1ccc(Cl)cc1Cl)C(=O)OCCOc1ccc(Cl)cc1Cl. The maximum Gasteiger partial charge on any atom is 0.417 e. The van der Waals surface area contributed by atoms with Crippen molar-refractivity contribution in [2.75, 3.05) is 26.4 Å². The van der Waals surface area contributed by atoms with Gasteiger partial charge in [0.05, 0.1) is 10.0 Å². The molecule has 0 aromatic heterocycles. The number of rotatable bonds is 8. The molecular formula is C18H14Cl4O6. The Balaban J connectivity index is 1.62. The highest BCUT2D eigenvalue weighted by Gasteiger charge is 2.17. The van der Waals surface area contributed by atoms with Gasteiger partial charge in [0.15, 0.2) is 0 Å². The van der Waals surface area contributed by atoms with Crippen LogP contribution in [-0.4, -0.2) is 38.4 Å². The molecule has 0 unspecified atom stereocenters. The lowest BCUT2D eigenvalue weighted by molar-refractivity contribution is -0.168. The van der Waals surface area contributed by atoms with Crippen molar-refractivity contribution in [1.29, 1.82) is 0 Å². The zero-order valence-corrected chi connectivity index (χ0v) is 17.3. The maximum atomic E-state index is 11.5. The van der Waals surface area contributed by atoms with Crippen LogP contribution in [0.5, 0.6) is 11.5 Å². The van der Waals surface area contributed by atoms with Gasteiger partial charge in [0.2, 0.25) is 0 Å². The van der Waals surface area contributed by atoms with Gasteiger partial charge in [-0.2, -0.15) is 0 Å². The zero-order valence-electron chi connectivity index (χ0n) is 14.3. The number of esters is 2. The summed E-state index contributed by atoms with van der Waals surface area (Å²) in [5, 5.41) is 1.57. The smallest absolute Gasteiger partial charge is 0.417 e. The van der Waals surface area contributed by atoms with Gasteiger partial charge < -0.3 is 18.9 Å². The van der Waals surface area contributed by atoms with E-state index in [-0.39, 0.29) is 26.4 Å². The van der Waals surface area contributed by atoms with E-state index in [1.54, 1.807) is 24.3 Å². The van der Waals surface area contributed by atoms with Crippen molar-refractivity contribution in [3.05, 3.63) is 56.5 Å². The molecule has 0 heterocycles. The lowest BCUT2D eigenvalue weighted by atomic mass is 10.3. The second kappa shape index (κ2) is 11.2. The fraction of sp³-hybridized carbons (Fsp3) is 0.222. The number of halogens is 4. The number of hydrogen-bond donors (Lipinski definition) is 0. The van der Waals surface area contributed by atoms with Gasteiger partial charge in [-0.15, -0.1) is 0 Å². The van der Waals surface area contributed by atoms with Crippen LogP contribution in [0.1, 0.15) is 0 Å². The van der Waals surface area contributed by atoms with Crippen LogP contribution in [0.3, 0.4) is 0 Å². The van der Waals surface area contributed by atoms with Gasteiger partial charge >= 0.3 is 11.9 Å². The Morgan fingerprint density at radius 1 is 0.643 bits per heavy atom. The first-order valence-electron chi connectivity index (χ1n) is 7.86. The molecule has 0 fully saturated rings. The van der Waals surface area contributed by atoms with E-state index in [1.165, 1.54) is 12.1 Å². The van der Waals surface area contributed by atoms with E-state index in [9.17, 15) is 9.59 Å². The largest absolute Gasteiger partial charge is 0.488 e. The average Bonchev–Trinajstić information content (AvgIpc) is 2.64. The van der Waals surface area contributed by atoms with Gasteiger partial charge in [0, 0.05) is 10.0 Å². The van der Waals surface area contributed by atoms with Crippen molar-refractivity contribution < 1.29 is 28.5 Å². The molecule has 0 aliphatic rings. The van der Waals surface area contributed by atoms with Crippen molar-refractivity contribution in [3.63, 3.8) is 0 Å². The number of carbonyl (C=O) groups excluding carboxylic acids is 2. The minimum Gasteiger partial charge on any atom is -0.488 e. The van der Waals surface area contributed by atoms with Gasteiger partial charge in [-0.05, 0) is 36.4 Å². The second-order valence-electron chi connectivity index (χ2n) is 5.12. The lowest BCUT2D eigenvalue weighted by Gasteiger charge is -2.10. The standard InChI is InChI=1S/C18H14Cl4O6/c19-11-1-3-15(13(21)9-11)25-5-7-27-17(23)18(24)28-8-6-26-16-4-2-12(20)10-14(16)22/h1-4,9-10H,5-8H2. The lowest BCUT2D eigenvalue weighted by Crippen LogP contribution is -2.24. The van der Waals surface area contributed by atoms with Crippen LogP contribution in [0.4, 0.5) is 0 Å². The third-order valence-corrected chi connectivity index (χ3v) is 4.16. The molecule has 0 bridgehead atoms. The van der Waals surface area contributed by atoms with Crippen molar-refractivity contribution in [2.45, 2.75) is 0 Å². The Kier molecular flexibility index (Phi) is 8.99. The summed E-state index contributed by atoms with van der Waals surface area (Å²) >= 11 is 23.4. The van der Waals surface area contributed by atoms with Crippen LogP contribution < -0.4 is 9.47 Å². The summed E-state index contributed by atoms with van der Waals surface area (Å²) in [6.07, 6.45) is 0. The molecule has 10 heteroatoms. The molecule has 0 spiro atoms. The normalized spacial score (nSPS) is 10.3. The summed E-state index contributed by atoms with van der Waals surface area (Å²) in [5.74, 6) is -1.53. The van der Waals surface area contributed by atoms with E-state index in [1.807, 2.05) is 0 Å². The first-order valence-corrected chi connectivity index (χ1v) is 9.37. The molecule has 2 rings (SSSR count). The van der Waals surface area contributed by atoms with Crippen LogP contribution in [0.2, 0.25) is 20.1 Å². The molecule has 150 valence electrons. The molecule has 0 N–H and O–H groups in total. The Labute approximate surface area is 181 Å². The van der Waals surface area contributed by atoms with Crippen molar-refractivity contribution in [1.82, 2.24) is 0 Å². The monoisotopic (exact) mass is 466 g/mol. The van der Waals surface area contributed by atoms with Crippen molar-refractivity contribution in [3.8, 4) is 11.5 Å². The summed E-state index contributed by atoms with van der Waals surface area (Å²) < 4.78 is 20.2. The van der Waals surface area contributed by atoms with Crippen LogP contribution in [-0.2, 0) is 19.1 Å². The van der Waals surface area contributed by atoms with Crippen LogP contribution in [0.15, 0.2) is 36.4 Å². The number of carbonyl (C=O) groups is 2. The topological polar surface area (TPSA) is 71.1 Å². The Morgan fingerprint density at radius 3 is 1.39 bits per heavy atom. The highest BCUT2D eigenvalue weighted by atomic mass is 35.5. The quantitative estimate of drug-likeness (QED) is 0.314. The Hall–Kier alpha value is -1.86. The predicted molar refractivity (Wildman–Crippen MR) is 106 cm³/mol. The van der Waals surface area contributed by atoms with E-state index >= 15 is 0 Å². The Bertz CT molecular complexity index is 773. The summed E-state index contributed by atoms with van der Waals surface area (Å²) in [5.41, 5.74) is 0. The van der Waals surface area contributed by atoms with E-state index in [0.717, 1.165) is 0 Å². The first kappa shape index (κ1) is 22.4. The molecule has 0 aliphatic heterocycles.